The van der Waals surface area contributed by atoms with Crippen molar-refractivity contribution in [3.8, 4) is 22.8 Å². The third-order valence-electron chi connectivity index (χ3n) is 4.59. The average molecular weight is 417 g/mol. The van der Waals surface area contributed by atoms with E-state index in [1.165, 1.54) is 13.0 Å². The van der Waals surface area contributed by atoms with Gasteiger partial charge in [0.1, 0.15) is 17.2 Å². The number of carbonyl (C=O) groups is 3. The Hall–Kier alpha value is -4.00. The fourth-order valence-electron chi connectivity index (χ4n) is 2.89. The molecular formula is C24H23N3O4. The molecule has 0 aliphatic heterocycles. The van der Waals surface area contributed by atoms with Gasteiger partial charge in [-0.3, -0.25) is 14.4 Å². The SMILES string of the molecule is CC(=O)[C@H](CC(N)=O)NC(=O)c1cccc(-c2ccc(Oc3ccc(C)cc3)cc2)n1. The van der Waals surface area contributed by atoms with E-state index in [1.807, 2.05) is 55.5 Å². The number of nitrogens with two attached hydrogens (primary N) is 1. The van der Waals surface area contributed by atoms with Gasteiger partial charge in [0.2, 0.25) is 5.91 Å². The Morgan fingerprint density at radius 2 is 1.58 bits per heavy atom. The van der Waals surface area contributed by atoms with Crippen LogP contribution >= 0.6 is 0 Å². The van der Waals surface area contributed by atoms with Gasteiger partial charge >= 0.3 is 0 Å². The highest BCUT2D eigenvalue weighted by Gasteiger charge is 2.21. The zero-order valence-corrected chi connectivity index (χ0v) is 17.3. The van der Waals surface area contributed by atoms with Crippen molar-refractivity contribution in [2.45, 2.75) is 26.3 Å². The highest BCUT2D eigenvalue weighted by atomic mass is 16.5. The number of benzene rings is 2. The molecule has 0 saturated carbocycles. The summed E-state index contributed by atoms with van der Waals surface area (Å²) >= 11 is 0. The second-order valence-electron chi connectivity index (χ2n) is 7.15. The summed E-state index contributed by atoms with van der Waals surface area (Å²) in [5.74, 6) is -0.159. The number of primary amides is 1. The quantitative estimate of drug-likeness (QED) is 0.583. The van der Waals surface area contributed by atoms with E-state index in [1.54, 1.807) is 12.1 Å². The summed E-state index contributed by atoms with van der Waals surface area (Å²) in [6.07, 6.45) is -0.261. The van der Waals surface area contributed by atoms with Crippen molar-refractivity contribution in [1.29, 1.82) is 0 Å². The zero-order chi connectivity index (χ0) is 22.4. The monoisotopic (exact) mass is 417 g/mol. The summed E-state index contributed by atoms with van der Waals surface area (Å²) < 4.78 is 5.83. The first kappa shape index (κ1) is 21.7. The molecule has 0 aliphatic carbocycles. The minimum atomic E-state index is -0.978. The molecule has 0 radical (unpaired) electrons. The number of carbonyl (C=O) groups excluding carboxylic acids is 3. The van der Waals surface area contributed by atoms with E-state index in [4.69, 9.17) is 10.5 Å². The molecule has 3 N–H and O–H groups in total. The van der Waals surface area contributed by atoms with E-state index in [0.29, 0.717) is 11.4 Å². The molecule has 3 rings (SSSR count). The van der Waals surface area contributed by atoms with Gasteiger partial charge in [0.05, 0.1) is 18.2 Å². The number of pyridine rings is 1. The molecule has 1 heterocycles. The predicted molar refractivity (Wildman–Crippen MR) is 117 cm³/mol. The number of aryl methyl sites for hydroxylation is 1. The van der Waals surface area contributed by atoms with Crippen molar-refractivity contribution in [3.63, 3.8) is 0 Å². The maximum atomic E-state index is 12.5. The van der Waals surface area contributed by atoms with Gasteiger partial charge in [-0.2, -0.15) is 0 Å². The van der Waals surface area contributed by atoms with E-state index >= 15 is 0 Å². The predicted octanol–water partition coefficient (Wildman–Crippen LogP) is 3.41. The van der Waals surface area contributed by atoms with Crippen LogP contribution in [0.3, 0.4) is 0 Å². The Morgan fingerprint density at radius 1 is 0.968 bits per heavy atom. The number of nitrogens with zero attached hydrogens (tertiary/aromatic N) is 1. The lowest BCUT2D eigenvalue weighted by Gasteiger charge is -2.14. The molecule has 0 fully saturated rings. The molecule has 3 aromatic rings. The normalized spacial score (nSPS) is 11.4. The van der Waals surface area contributed by atoms with Gasteiger partial charge in [0, 0.05) is 5.56 Å². The summed E-state index contributed by atoms with van der Waals surface area (Å²) in [5.41, 5.74) is 7.82. The maximum Gasteiger partial charge on any atom is 0.270 e. The van der Waals surface area contributed by atoms with Gasteiger partial charge in [0.25, 0.3) is 5.91 Å². The third-order valence-corrected chi connectivity index (χ3v) is 4.59. The average Bonchev–Trinajstić information content (AvgIpc) is 2.75. The van der Waals surface area contributed by atoms with Gasteiger partial charge in [-0.05, 0) is 62.4 Å². The molecule has 1 aromatic heterocycles. The van der Waals surface area contributed by atoms with Crippen LogP contribution in [0.2, 0.25) is 0 Å². The van der Waals surface area contributed by atoms with Crippen LogP contribution in [0.1, 0.15) is 29.4 Å². The van der Waals surface area contributed by atoms with Crippen LogP contribution in [-0.2, 0) is 9.59 Å². The summed E-state index contributed by atoms with van der Waals surface area (Å²) in [4.78, 5) is 39.7. The second-order valence-corrected chi connectivity index (χ2v) is 7.15. The fraction of sp³-hybridized carbons (Fsp3) is 0.167. The van der Waals surface area contributed by atoms with Gasteiger partial charge < -0.3 is 15.8 Å². The number of ketones is 1. The van der Waals surface area contributed by atoms with Crippen molar-refractivity contribution in [3.05, 3.63) is 78.0 Å². The molecule has 31 heavy (non-hydrogen) atoms. The molecule has 2 aromatic carbocycles. The number of hydrogen-bond donors (Lipinski definition) is 2. The number of amides is 2. The standard InChI is InChI=1S/C24H23N3O4/c1-15-6-10-18(11-7-15)31-19-12-8-17(9-13-19)20-4-3-5-21(26-20)24(30)27-22(16(2)28)14-23(25)29/h3-13,22H,14H2,1-2H3,(H2,25,29)(H,27,30)/t22-/m0/s1. The van der Waals surface area contributed by atoms with Crippen LogP contribution in [0.25, 0.3) is 11.3 Å². The molecule has 0 aliphatic rings. The molecule has 2 amide bonds. The van der Waals surface area contributed by atoms with E-state index in [-0.39, 0.29) is 17.9 Å². The Morgan fingerprint density at radius 3 is 2.16 bits per heavy atom. The lowest BCUT2D eigenvalue weighted by molar-refractivity contribution is -0.124. The Kier molecular flexibility index (Phi) is 6.77. The second kappa shape index (κ2) is 9.67. The molecule has 0 bridgehead atoms. The van der Waals surface area contributed by atoms with E-state index in [2.05, 4.69) is 10.3 Å². The summed E-state index contributed by atoms with van der Waals surface area (Å²) in [6.45, 7) is 3.30. The number of Topliss-reactive ketones (excluding diaryl/α,β-unsaturated/α-hetero) is 1. The topological polar surface area (TPSA) is 111 Å². The molecule has 7 nitrogen and oxygen atoms in total. The summed E-state index contributed by atoms with van der Waals surface area (Å²) in [7, 11) is 0. The first-order valence-electron chi connectivity index (χ1n) is 9.73. The van der Waals surface area contributed by atoms with Crippen molar-refractivity contribution in [2.24, 2.45) is 5.73 Å². The summed E-state index contributed by atoms with van der Waals surface area (Å²) in [5, 5.41) is 2.51. The molecule has 0 saturated heterocycles. The first-order valence-corrected chi connectivity index (χ1v) is 9.73. The number of rotatable bonds is 8. The van der Waals surface area contributed by atoms with Crippen molar-refractivity contribution in [2.75, 3.05) is 0 Å². The van der Waals surface area contributed by atoms with Gasteiger partial charge in [-0.25, -0.2) is 4.98 Å². The van der Waals surface area contributed by atoms with Crippen molar-refractivity contribution >= 4 is 17.6 Å². The minimum absolute atomic E-state index is 0.133. The fourth-order valence-corrected chi connectivity index (χ4v) is 2.89. The molecule has 7 heteroatoms. The van der Waals surface area contributed by atoms with E-state index in [0.717, 1.165) is 16.9 Å². The van der Waals surface area contributed by atoms with Crippen LogP contribution in [0.4, 0.5) is 0 Å². The van der Waals surface area contributed by atoms with Gasteiger partial charge in [0.15, 0.2) is 5.78 Å². The lowest BCUT2D eigenvalue weighted by atomic mass is 10.1. The van der Waals surface area contributed by atoms with Gasteiger partial charge in [-0.15, -0.1) is 0 Å². The van der Waals surface area contributed by atoms with Crippen LogP contribution < -0.4 is 15.8 Å². The number of aromatic nitrogens is 1. The first-order chi connectivity index (χ1) is 14.8. The largest absolute Gasteiger partial charge is 0.457 e. The van der Waals surface area contributed by atoms with E-state index < -0.39 is 17.9 Å². The van der Waals surface area contributed by atoms with Crippen LogP contribution in [0, 0.1) is 6.92 Å². The van der Waals surface area contributed by atoms with Gasteiger partial charge in [-0.1, -0.05) is 23.8 Å². The Bertz CT molecular complexity index is 1090. The van der Waals surface area contributed by atoms with Crippen LogP contribution in [0.15, 0.2) is 66.7 Å². The molecular weight excluding hydrogens is 394 g/mol. The Balaban J connectivity index is 1.73. The number of nitrogens with one attached hydrogen (secondary N) is 1. The highest BCUT2D eigenvalue weighted by Crippen LogP contribution is 2.25. The van der Waals surface area contributed by atoms with E-state index in [9.17, 15) is 14.4 Å². The van der Waals surface area contributed by atoms with Crippen LogP contribution in [0.5, 0.6) is 11.5 Å². The van der Waals surface area contributed by atoms with Crippen molar-refractivity contribution < 1.29 is 19.1 Å². The molecule has 0 spiro atoms. The molecule has 1 atom stereocenters. The number of ether oxygens (including phenoxy) is 1. The minimum Gasteiger partial charge on any atom is -0.457 e. The molecule has 0 unspecified atom stereocenters. The lowest BCUT2D eigenvalue weighted by Crippen LogP contribution is -2.42. The Labute approximate surface area is 180 Å². The third kappa shape index (κ3) is 5.99. The molecule has 158 valence electrons. The smallest absolute Gasteiger partial charge is 0.270 e. The summed E-state index contributed by atoms with van der Waals surface area (Å²) in [6, 6.07) is 19.1. The highest BCUT2D eigenvalue weighted by molar-refractivity contribution is 5.97. The zero-order valence-electron chi connectivity index (χ0n) is 17.3. The maximum absolute atomic E-state index is 12.5. The van der Waals surface area contributed by atoms with Crippen LogP contribution in [-0.4, -0.2) is 28.6 Å². The van der Waals surface area contributed by atoms with Crippen molar-refractivity contribution in [1.82, 2.24) is 10.3 Å². The number of hydrogen-bond acceptors (Lipinski definition) is 5.